The molecular weight excluding hydrogens is 214 g/mol. The van der Waals surface area contributed by atoms with Gasteiger partial charge in [0.05, 0.1) is 10.6 Å². The molecule has 0 radical (unpaired) electrons. The van der Waals surface area contributed by atoms with Crippen LogP contribution in [0, 0.1) is 0 Å². The van der Waals surface area contributed by atoms with Crippen molar-refractivity contribution in [2.45, 2.75) is 13.3 Å². The Hall–Kier alpha value is -1.69. The topological polar surface area (TPSA) is 84.6 Å². The van der Waals surface area contributed by atoms with Gasteiger partial charge in [-0.3, -0.25) is 9.59 Å². The zero-order valence-corrected chi connectivity index (χ0v) is 9.00. The van der Waals surface area contributed by atoms with Gasteiger partial charge in [0.15, 0.2) is 0 Å². The number of nitrogens with zero attached hydrogens (tertiary/aromatic N) is 1. The number of primary amides is 1. The lowest BCUT2D eigenvalue weighted by Gasteiger charge is -2.00. The van der Waals surface area contributed by atoms with Crippen molar-refractivity contribution in [1.29, 1.82) is 0 Å². The third-order valence-corrected chi connectivity index (χ3v) is 2.58. The van der Waals surface area contributed by atoms with E-state index in [1.54, 1.807) is 0 Å². The Morgan fingerprint density at radius 1 is 1.60 bits per heavy atom. The second-order valence-corrected chi connectivity index (χ2v) is 3.64. The van der Waals surface area contributed by atoms with E-state index >= 15 is 0 Å². The van der Waals surface area contributed by atoms with Gasteiger partial charge in [0.2, 0.25) is 0 Å². The number of hydrogen-bond acceptors (Lipinski definition) is 4. The number of carbonyl (C=O) groups is 2. The maximum atomic E-state index is 10.8. The Balaban J connectivity index is 2.72. The second kappa shape index (κ2) is 5.26. The third kappa shape index (κ3) is 3.17. The maximum absolute atomic E-state index is 10.8. The number of nitrogens with two attached hydrogens (primary N) is 1. The molecule has 2 amide bonds. The highest BCUT2D eigenvalue weighted by Gasteiger charge is 2.08. The smallest absolute Gasteiger partial charge is 0.329 e. The fraction of sp³-hybridized carbons (Fsp3) is 0.222. The summed E-state index contributed by atoms with van der Waals surface area (Å²) < 4.78 is 0. The summed E-state index contributed by atoms with van der Waals surface area (Å²) in [6.07, 6.45) is 0.666. The highest BCUT2D eigenvalue weighted by Crippen LogP contribution is 2.11. The summed E-state index contributed by atoms with van der Waals surface area (Å²) in [4.78, 5) is 22.2. The van der Waals surface area contributed by atoms with E-state index in [2.05, 4.69) is 10.5 Å². The zero-order valence-electron chi connectivity index (χ0n) is 8.19. The van der Waals surface area contributed by atoms with Crippen LogP contribution < -0.4 is 11.2 Å². The predicted molar refractivity (Wildman–Crippen MR) is 58.5 cm³/mol. The normalized spacial score (nSPS) is 11.1. The lowest BCUT2D eigenvalue weighted by Crippen LogP contribution is -2.33. The monoisotopic (exact) mass is 225 g/mol. The minimum absolute atomic E-state index is 0.666. The molecule has 0 saturated carbocycles. The molecule has 15 heavy (non-hydrogen) atoms. The first-order chi connectivity index (χ1) is 7.15. The molecule has 0 bridgehead atoms. The first-order valence-corrected chi connectivity index (χ1v) is 5.23. The standard InChI is InChI=1S/C9H11N3O2S/c1-2-6(7-4-3-5-15-7)11-12-9(14)8(10)13/h3-5H,2H2,1H3,(H2,10,13)(H,12,14)/b11-6-. The quantitative estimate of drug-likeness (QED) is 0.445. The zero-order chi connectivity index (χ0) is 11.3. The summed E-state index contributed by atoms with van der Waals surface area (Å²) in [5.74, 6) is -1.95. The van der Waals surface area contributed by atoms with Crippen LogP contribution in [0.2, 0.25) is 0 Å². The van der Waals surface area contributed by atoms with E-state index in [9.17, 15) is 9.59 Å². The van der Waals surface area contributed by atoms with E-state index < -0.39 is 11.8 Å². The SMILES string of the molecule is CC/C(=N/NC(=O)C(N)=O)c1cccs1. The molecule has 5 nitrogen and oxygen atoms in total. The fourth-order valence-corrected chi connectivity index (χ4v) is 1.71. The number of carbonyl (C=O) groups excluding carboxylic acids is 2. The highest BCUT2D eigenvalue weighted by molar-refractivity contribution is 7.12. The van der Waals surface area contributed by atoms with E-state index in [0.717, 1.165) is 10.6 Å². The van der Waals surface area contributed by atoms with Gasteiger partial charge in [-0.2, -0.15) is 5.10 Å². The molecule has 0 unspecified atom stereocenters. The van der Waals surface area contributed by atoms with Crippen molar-refractivity contribution < 1.29 is 9.59 Å². The number of thiophene rings is 1. The van der Waals surface area contributed by atoms with E-state index in [-0.39, 0.29) is 0 Å². The van der Waals surface area contributed by atoms with E-state index in [1.807, 2.05) is 24.4 Å². The number of amides is 2. The molecule has 0 fully saturated rings. The molecule has 6 heteroatoms. The summed E-state index contributed by atoms with van der Waals surface area (Å²) in [5.41, 5.74) is 7.59. The van der Waals surface area contributed by atoms with E-state index in [0.29, 0.717) is 6.42 Å². The lowest BCUT2D eigenvalue weighted by atomic mass is 10.2. The van der Waals surface area contributed by atoms with Crippen molar-refractivity contribution in [3.05, 3.63) is 22.4 Å². The highest BCUT2D eigenvalue weighted by atomic mass is 32.1. The summed E-state index contributed by atoms with van der Waals surface area (Å²) in [5, 5.41) is 5.75. The Bertz CT molecular complexity index is 384. The molecule has 1 aromatic rings. The van der Waals surface area contributed by atoms with Gasteiger partial charge < -0.3 is 5.73 Å². The Morgan fingerprint density at radius 2 is 2.33 bits per heavy atom. The minimum Gasteiger partial charge on any atom is -0.361 e. The largest absolute Gasteiger partial charge is 0.361 e. The average Bonchev–Trinajstić information content (AvgIpc) is 2.71. The Morgan fingerprint density at radius 3 is 2.80 bits per heavy atom. The summed E-state index contributed by atoms with van der Waals surface area (Å²) in [7, 11) is 0. The van der Waals surface area contributed by atoms with Crippen LogP contribution in [0.4, 0.5) is 0 Å². The first-order valence-electron chi connectivity index (χ1n) is 4.35. The molecule has 0 aliphatic carbocycles. The van der Waals surface area contributed by atoms with E-state index in [1.165, 1.54) is 11.3 Å². The van der Waals surface area contributed by atoms with Crippen molar-refractivity contribution in [3.8, 4) is 0 Å². The maximum Gasteiger partial charge on any atom is 0.329 e. The molecule has 0 aliphatic heterocycles. The summed E-state index contributed by atoms with van der Waals surface area (Å²) in [6, 6.07) is 3.78. The van der Waals surface area contributed by atoms with Crippen LogP contribution in [0.1, 0.15) is 18.2 Å². The van der Waals surface area contributed by atoms with Crippen molar-refractivity contribution >= 4 is 28.9 Å². The molecule has 0 saturated heterocycles. The molecular formula is C9H11N3O2S. The van der Waals surface area contributed by atoms with Crippen LogP contribution in [0.15, 0.2) is 22.6 Å². The number of nitrogens with one attached hydrogen (secondary N) is 1. The summed E-state index contributed by atoms with van der Waals surface area (Å²) in [6.45, 7) is 1.91. The van der Waals surface area contributed by atoms with Crippen LogP contribution in [0.3, 0.4) is 0 Å². The van der Waals surface area contributed by atoms with E-state index in [4.69, 9.17) is 5.73 Å². The van der Waals surface area contributed by atoms with Crippen molar-refractivity contribution in [3.63, 3.8) is 0 Å². The third-order valence-electron chi connectivity index (χ3n) is 1.66. The molecule has 0 atom stereocenters. The first kappa shape index (κ1) is 11.4. The molecule has 0 spiro atoms. The molecule has 3 N–H and O–H groups in total. The Labute approximate surface area is 91.0 Å². The van der Waals surface area contributed by atoms with Gasteiger partial charge in [-0.1, -0.05) is 13.0 Å². The van der Waals surface area contributed by atoms with Gasteiger partial charge in [-0.15, -0.1) is 11.3 Å². The van der Waals surface area contributed by atoms with Crippen LogP contribution in [0.25, 0.3) is 0 Å². The fourth-order valence-electron chi connectivity index (χ4n) is 0.924. The molecule has 0 aromatic carbocycles. The molecule has 0 aliphatic rings. The number of hydrazone groups is 1. The molecule has 1 aromatic heterocycles. The van der Waals surface area contributed by atoms with Gasteiger partial charge in [0.25, 0.3) is 0 Å². The lowest BCUT2D eigenvalue weighted by molar-refractivity contribution is -0.137. The van der Waals surface area contributed by atoms with Crippen molar-refractivity contribution in [2.24, 2.45) is 10.8 Å². The van der Waals surface area contributed by atoms with Crippen LogP contribution in [-0.2, 0) is 9.59 Å². The van der Waals surface area contributed by atoms with Gasteiger partial charge in [-0.05, 0) is 17.9 Å². The van der Waals surface area contributed by atoms with Crippen LogP contribution in [-0.4, -0.2) is 17.5 Å². The predicted octanol–water partition coefficient (Wildman–Crippen LogP) is 0.464. The minimum atomic E-state index is -1.04. The van der Waals surface area contributed by atoms with Gasteiger partial charge >= 0.3 is 11.8 Å². The van der Waals surface area contributed by atoms with Gasteiger partial charge in [-0.25, -0.2) is 5.43 Å². The van der Waals surface area contributed by atoms with Crippen LogP contribution >= 0.6 is 11.3 Å². The molecule has 1 rings (SSSR count). The van der Waals surface area contributed by atoms with Crippen molar-refractivity contribution in [2.75, 3.05) is 0 Å². The number of hydrogen-bond donors (Lipinski definition) is 2. The summed E-state index contributed by atoms with van der Waals surface area (Å²) >= 11 is 1.52. The van der Waals surface area contributed by atoms with Crippen molar-refractivity contribution in [1.82, 2.24) is 5.43 Å². The number of rotatable bonds is 3. The second-order valence-electron chi connectivity index (χ2n) is 2.69. The average molecular weight is 225 g/mol. The Kier molecular flexibility index (Phi) is 3.99. The van der Waals surface area contributed by atoms with Gasteiger partial charge in [0, 0.05) is 0 Å². The van der Waals surface area contributed by atoms with Gasteiger partial charge in [0.1, 0.15) is 0 Å². The molecule has 1 heterocycles. The van der Waals surface area contributed by atoms with Crippen LogP contribution in [0.5, 0.6) is 0 Å². The molecule has 80 valence electrons.